The first-order valence-corrected chi connectivity index (χ1v) is 8.42. The van der Waals surface area contributed by atoms with Gasteiger partial charge in [-0.2, -0.15) is 0 Å². The molecular formula is C16H13BrN2O2S. The molecule has 0 fully saturated rings. The van der Waals surface area contributed by atoms with Crippen LogP contribution in [0.4, 0.5) is 5.13 Å². The van der Waals surface area contributed by atoms with E-state index in [0.29, 0.717) is 18.0 Å². The van der Waals surface area contributed by atoms with Crippen LogP contribution in [-0.4, -0.2) is 10.9 Å². The van der Waals surface area contributed by atoms with Crippen LogP contribution in [0.5, 0.6) is 0 Å². The molecule has 1 amide bonds. The largest absolute Gasteiger partial charge is 0.469 e. The van der Waals surface area contributed by atoms with Gasteiger partial charge >= 0.3 is 0 Å². The standard InChI is InChI=1S/C16H13BrN2O2S/c17-12-4-1-3-11(9-12)14-10-22-16(18-14)19-15(20)7-6-13-5-2-8-21-13/h1-5,8-10H,6-7H2,(H,18,19,20). The summed E-state index contributed by atoms with van der Waals surface area (Å²) in [6.07, 6.45) is 2.57. The summed E-state index contributed by atoms with van der Waals surface area (Å²) in [5, 5.41) is 5.37. The molecule has 0 atom stereocenters. The maximum atomic E-state index is 11.9. The predicted molar refractivity (Wildman–Crippen MR) is 90.9 cm³/mol. The number of hydrogen-bond donors (Lipinski definition) is 1. The molecule has 0 aliphatic rings. The van der Waals surface area contributed by atoms with Crippen LogP contribution >= 0.6 is 27.3 Å². The van der Waals surface area contributed by atoms with Crippen LogP contribution in [0.2, 0.25) is 0 Å². The first-order valence-electron chi connectivity index (χ1n) is 6.74. The third kappa shape index (κ3) is 3.84. The Balaban J connectivity index is 1.60. The Bertz CT molecular complexity index is 768. The molecule has 6 heteroatoms. The summed E-state index contributed by atoms with van der Waals surface area (Å²) in [4.78, 5) is 16.4. The van der Waals surface area contributed by atoms with Gasteiger partial charge in [0.05, 0.1) is 12.0 Å². The highest BCUT2D eigenvalue weighted by Gasteiger charge is 2.09. The number of aryl methyl sites for hydroxylation is 1. The zero-order chi connectivity index (χ0) is 15.4. The lowest BCUT2D eigenvalue weighted by Gasteiger charge is -2.00. The third-order valence-corrected chi connectivity index (χ3v) is 4.30. The smallest absolute Gasteiger partial charge is 0.226 e. The molecule has 0 saturated heterocycles. The SMILES string of the molecule is O=C(CCc1ccco1)Nc1nc(-c2cccc(Br)c2)cs1. The number of carbonyl (C=O) groups excluding carboxylic acids is 1. The van der Waals surface area contributed by atoms with E-state index >= 15 is 0 Å². The zero-order valence-electron chi connectivity index (χ0n) is 11.6. The van der Waals surface area contributed by atoms with Gasteiger partial charge in [-0.15, -0.1) is 11.3 Å². The summed E-state index contributed by atoms with van der Waals surface area (Å²) in [5.74, 6) is 0.746. The monoisotopic (exact) mass is 376 g/mol. The number of rotatable bonds is 5. The lowest BCUT2D eigenvalue weighted by atomic mass is 10.2. The fourth-order valence-electron chi connectivity index (χ4n) is 1.98. The Hall–Kier alpha value is -1.92. The predicted octanol–water partition coefficient (Wildman–Crippen LogP) is 4.74. The van der Waals surface area contributed by atoms with E-state index in [2.05, 4.69) is 26.2 Å². The number of hydrogen-bond acceptors (Lipinski definition) is 4. The van der Waals surface area contributed by atoms with Crippen molar-refractivity contribution in [1.82, 2.24) is 4.98 Å². The summed E-state index contributed by atoms with van der Waals surface area (Å²) >= 11 is 4.86. The summed E-state index contributed by atoms with van der Waals surface area (Å²) in [7, 11) is 0. The van der Waals surface area contributed by atoms with Crippen molar-refractivity contribution >= 4 is 38.3 Å². The minimum absolute atomic E-state index is 0.0634. The van der Waals surface area contributed by atoms with Gasteiger partial charge in [-0.25, -0.2) is 4.98 Å². The molecule has 1 aromatic carbocycles. The van der Waals surface area contributed by atoms with Gasteiger partial charge < -0.3 is 9.73 Å². The lowest BCUT2D eigenvalue weighted by Crippen LogP contribution is -2.11. The maximum Gasteiger partial charge on any atom is 0.226 e. The normalized spacial score (nSPS) is 10.6. The van der Waals surface area contributed by atoms with Crippen molar-refractivity contribution in [3.05, 3.63) is 58.3 Å². The van der Waals surface area contributed by atoms with E-state index in [1.807, 2.05) is 41.8 Å². The highest BCUT2D eigenvalue weighted by Crippen LogP contribution is 2.26. The zero-order valence-corrected chi connectivity index (χ0v) is 14.0. The van der Waals surface area contributed by atoms with Crippen LogP contribution < -0.4 is 5.32 Å². The second-order valence-corrected chi connectivity index (χ2v) is 6.45. The number of nitrogens with zero attached hydrogens (tertiary/aromatic N) is 1. The molecule has 0 spiro atoms. The van der Waals surface area contributed by atoms with E-state index in [-0.39, 0.29) is 5.91 Å². The summed E-state index contributed by atoms with van der Waals surface area (Å²) < 4.78 is 6.21. The first kappa shape index (κ1) is 15.0. The molecule has 2 aromatic heterocycles. The van der Waals surface area contributed by atoms with E-state index in [1.165, 1.54) is 11.3 Å². The van der Waals surface area contributed by atoms with Gasteiger partial charge in [0.2, 0.25) is 5.91 Å². The average Bonchev–Trinajstić information content (AvgIpc) is 3.16. The molecule has 0 aliphatic carbocycles. The van der Waals surface area contributed by atoms with Crippen molar-refractivity contribution < 1.29 is 9.21 Å². The molecule has 0 bridgehead atoms. The van der Waals surface area contributed by atoms with Gasteiger partial charge in [0.1, 0.15) is 5.76 Å². The minimum atomic E-state index is -0.0634. The summed E-state index contributed by atoms with van der Waals surface area (Å²) in [5.41, 5.74) is 1.87. The Morgan fingerprint density at radius 3 is 3.00 bits per heavy atom. The number of benzene rings is 1. The fourth-order valence-corrected chi connectivity index (χ4v) is 3.12. The summed E-state index contributed by atoms with van der Waals surface area (Å²) in [6.45, 7) is 0. The van der Waals surface area contributed by atoms with Crippen molar-refractivity contribution in [2.75, 3.05) is 5.32 Å². The first-order chi connectivity index (χ1) is 10.7. The number of anilines is 1. The number of furan rings is 1. The van der Waals surface area contributed by atoms with Gasteiger partial charge in [0, 0.05) is 28.3 Å². The summed E-state index contributed by atoms with van der Waals surface area (Å²) in [6, 6.07) is 11.6. The van der Waals surface area contributed by atoms with E-state index < -0.39 is 0 Å². The van der Waals surface area contributed by atoms with Crippen LogP contribution in [0.1, 0.15) is 12.2 Å². The number of aromatic nitrogens is 1. The topological polar surface area (TPSA) is 55.1 Å². The van der Waals surface area contributed by atoms with Crippen molar-refractivity contribution in [3.63, 3.8) is 0 Å². The Labute approximate surface area is 140 Å². The molecule has 0 radical (unpaired) electrons. The maximum absolute atomic E-state index is 11.9. The van der Waals surface area contributed by atoms with Crippen LogP contribution in [-0.2, 0) is 11.2 Å². The van der Waals surface area contributed by atoms with Crippen molar-refractivity contribution in [2.45, 2.75) is 12.8 Å². The number of carbonyl (C=O) groups is 1. The average molecular weight is 377 g/mol. The molecule has 3 aromatic rings. The number of amides is 1. The number of nitrogens with one attached hydrogen (secondary N) is 1. The molecule has 4 nitrogen and oxygen atoms in total. The molecule has 1 N–H and O–H groups in total. The van der Waals surface area contributed by atoms with Gasteiger partial charge in [-0.1, -0.05) is 28.1 Å². The van der Waals surface area contributed by atoms with Crippen molar-refractivity contribution in [1.29, 1.82) is 0 Å². The van der Waals surface area contributed by atoms with Gasteiger partial charge in [0.25, 0.3) is 0 Å². The van der Waals surface area contributed by atoms with Crippen LogP contribution in [0.25, 0.3) is 11.3 Å². The van der Waals surface area contributed by atoms with Crippen molar-refractivity contribution in [3.8, 4) is 11.3 Å². The molecule has 0 saturated carbocycles. The number of halogens is 1. The Morgan fingerprint density at radius 2 is 2.23 bits per heavy atom. The second kappa shape index (κ2) is 6.89. The van der Waals surface area contributed by atoms with Crippen LogP contribution in [0.3, 0.4) is 0 Å². The molecule has 112 valence electrons. The Morgan fingerprint density at radius 1 is 1.32 bits per heavy atom. The van der Waals surface area contributed by atoms with Crippen molar-refractivity contribution in [2.24, 2.45) is 0 Å². The van der Waals surface area contributed by atoms with Gasteiger partial charge in [0.15, 0.2) is 5.13 Å². The van der Waals surface area contributed by atoms with E-state index in [4.69, 9.17) is 4.42 Å². The molecule has 0 aliphatic heterocycles. The lowest BCUT2D eigenvalue weighted by molar-refractivity contribution is -0.116. The molecule has 2 heterocycles. The second-order valence-electron chi connectivity index (χ2n) is 4.68. The molecule has 0 unspecified atom stereocenters. The third-order valence-electron chi connectivity index (χ3n) is 3.05. The molecule has 22 heavy (non-hydrogen) atoms. The fraction of sp³-hybridized carbons (Fsp3) is 0.125. The van der Waals surface area contributed by atoms with E-state index in [0.717, 1.165) is 21.5 Å². The molecule has 3 rings (SSSR count). The van der Waals surface area contributed by atoms with E-state index in [1.54, 1.807) is 6.26 Å². The highest BCUT2D eigenvalue weighted by molar-refractivity contribution is 9.10. The van der Waals surface area contributed by atoms with Crippen LogP contribution in [0.15, 0.2) is 56.9 Å². The van der Waals surface area contributed by atoms with Crippen LogP contribution in [0, 0.1) is 0 Å². The molecular weight excluding hydrogens is 364 g/mol. The van der Waals surface area contributed by atoms with Gasteiger partial charge in [-0.3, -0.25) is 4.79 Å². The Kier molecular flexibility index (Phi) is 4.70. The highest BCUT2D eigenvalue weighted by atomic mass is 79.9. The van der Waals surface area contributed by atoms with Gasteiger partial charge in [-0.05, 0) is 24.3 Å². The quantitative estimate of drug-likeness (QED) is 0.699. The minimum Gasteiger partial charge on any atom is -0.469 e. The van der Waals surface area contributed by atoms with E-state index in [9.17, 15) is 4.79 Å². The number of thiazole rings is 1.